The summed E-state index contributed by atoms with van der Waals surface area (Å²) in [5, 5.41) is 10.5. The molecule has 0 saturated heterocycles. The minimum absolute atomic E-state index is 0.0109. The summed E-state index contributed by atoms with van der Waals surface area (Å²) in [7, 11) is -3.05. The first kappa shape index (κ1) is 15.8. The second-order valence-electron chi connectivity index (χ2n) is 5.38. The van der Waals surface area contributed by atoms with Crippen LogP contribution in [0.25, 0.3) is 0 Å². The van der Waals surface area contributed by atoms with E-state index >= 15 is 0 Å². The second-order valence-corrected chi connectivity index (χ2v) is 8.05. The average Bonchev–Trinajstić information content (AvgIpc) is 2.93. The fourth-order valence-electron chi connectivity index (χ4n) is 2.35. The summed E-state index contributed by atoms with van der Waals surface area (Å²) in [6.07, 6.45) is 4.04. The molecular formula is C14H15ClN4O3S. The molecule has 0 aliphatic carbocycles. The zero-order valence-electron chi connectivity index (χ0n) is 12.3. The summed E-state index contributed by atoms with van der Waals surface area (Å²) >= 11 is 6.04. The Morgan fingerprint density at radius 3 is 2.87 bits per heavy atom. The first-order chi connectivity index (χ1) is 10.8. The third-order valence-corrected chi connectivity index (χ3v) is 4.73. The van der Waals surface area contributed by atoms with Crippen LogP contribution in [0, 0.1) is 0 Å². The number of carbonyl (C=O) groups excluding carboxylic acids is 1. The van der Waals surface area contributed by atoms with Crippen molar-refractivity contribution in [2.24, 2.45) is 0 Å². The lowest BCUT2D eigenvalue weighted by Gasteiger charge is -2.27. The Balaban J connectivity index is 1.79. The molecule has 1 aliphatic rings. The molecule has 23 heavy (non-hydrogen) atoms. The van der Waals surface area contributed by atoms with Crippen LogP contribution in [0.2, 0.25) is 5.02 Å². The number of anilines is 1. The van der Waals surface area contributed by atoms with Crippen LogP contribution in [0.5, 0.6) is 0 Å². The van der Waals surface area contributed by atoms with Gasteiger partial charge in [-0.1, -0.05) is 17.7 Å². The van der Waals surface area contributed by atoms with E-state index in [4.69, 9.17) is 11.6 Å². The molecule has 0 fully saturated rings. The molecule has 2 N–H and O–H groups in total. The third kappa shape index (κ3) is 3.48. The van der Waals surface area contributed by atoms with Crippen LogP contribution in [-0.4, -0.2) is 36.1 Å². The molecule has 0 radical (unpaired) electrons. The van der Waals surface area contributed by atoms with E-state index in [-0.39, 0.29) is 18.2 Å². The number of rotatable bonds is 4. The fraction of sp³-hybridized carbons (Fsp3) is 0.286. The SMILES string of the molecule is CS(=O)(=O)CCn1cc(C2NC(=O)c3c(Cl)cccc3N2)cn1. The van der Waals surface area contributed by atoms with Gasteiger partial charge >= 0.3 is 0 Å². The molecule has 0 spiro atoms. The molecule has 1 unspecified atom stereocenters. The topological polar surface area (TPSA) is 93.1 Å². The largest absolute Gasteiger partial charge is 0.361 e. The molecule has 9 heteroatoms. The number of nitrogens with zero attached hydrogens (tertiary/aromatic N) is 2. The minimum Gasteiger partial charge on any atom is -0.361 e. The summed E-state index contributed by atoms with van der Waals surface area (Å²) in [6.45, 7) is 0.266. The number of carbonyl (C=O) groups is 1. The number of aromatic nitrogens is 2. The lowest BCUT2D eigenvalue weighted by Crippen LogP contribution is -2.38. The summed E-state index contributed by atoms with van der Waals surface area (Å²) in [5.74, 6) is -0.255. The highest BCUT2D eigenvalue weighted by Crippen LogP contribution is 2.31. The predicted molar refractivity (Wildman–Crippen MR) is 87.2 cm³/mol. The van der Waals surface area contributed by atoms with Gasteiger partial charge < -0.3 is 10.6 Å². The molecule has 1 aliphatic heterocycles. The van der Waals surface area contributed by atoms with Crippen molar-refractivity contribution in [2.75, 3.05) is 17.3 Å². The highest BCUT2D eigenvalue weighted by atomic mass is 35.5. The number of hydrogen-bond acceptors (Lipinski definition) is 5. The van der Waals surface area contributed by atoms with Gasteiger partial charge in [0.2, 0.25) is 0 Å². The first-order valence-electron chi connectivity index (χ1n) is 6.89. The zero-order valence-corrected chi connectivity index (χ0v) is 13.9. The van der Waals surface area contributed by atoms with E-state index in [0.717, 1.165) is 5.56 Å². The van der Waals surface area contributed by atoms with E-state index < -0.39 is 16.0 Å². The lowest BCUT2D eigenvalue weighted by atomic mass is 10.1. The molecule has 1 aromatic heterocycles. The van der Waals surface area contributed by atoms with E-state index in [1.54, 1.807) is 30.6 Å². The molecule has 2 heterocycles. The molecule has 0 bridgehead atoms. The van der Waals surface area contributed by atoms with Crippen molar-refractivity contribution in [3.63, 3.8) is 0 Å². The molecule has 3 rings (SSSR count). The number of sulfone groups is 1. The van der Waals surface area contributed by atoms with Gasteiger partial charge in [-0.2, -0.15) is 5.10 Å². The minimum atomic E-state index is -3.05. The van der Waals surface area contributed by atoms with Gasteiger partial charge in [-0.25, -0.2) is 8.42 Å². The quantitative estimate of drug-likeness (QED) is 0.866. The molecule has 122 valence electrons. The number of aryl methyl sites for hydroxylation is 1. The maximum Gasteiger partial charge on any atom is 0.256 e. The van der Waals surface area contributed by atoms with Crippen molar-refractivity contribution in [3.05, 3.63) is 46.7 Å². The van der Waals surface area contributed by atoms with E-state index in [0.29, 0.717) is 16.3 Å². The van der Waals surface area contributed by atoms with Gasteiger partial charge in [-0.15, -0.1) is 0 Å². The van der Waals surface area contributed by atoms with Crippen LogP contribution < -0.4 is 10.6 Å². The van der Waals surface area contributed by atoms with Gasteiger partial charge in [0.25, 0.3) is 5.91 Å². The van der Waals surface area contributed by atoms with Gasteiger partial charge in [-0.05, 0) is 12.1 Å². The maximum atomic E-state index is 12.2. The number of fused-ring (bicyclic) bond motifs is 1. The Labute approximate surface area is 138 Å². The second kappa shape index (κ2) is 5.86. The number of nitrogens with one attached hydrogen (secondary N) is 2. The number of halogens is 1. The third-order valence-electron chi connectivity index (χ3n) is 3.49. The van der Waals surface area contributed by atoms with Crippen LogP contribution in [0.3, 0.4) is 0 Å². The van der Waals surface area contributed by atoms with E-state index in [9.17, 15) is 13.2 Å². The standard InChI is InChI=1S/C14H15ClN4O3S/c1-23(21,22)6-5-19-8-9(7-16-19)13-17-11-4-2-3-10(15)12(11)14(20)18-13/h2-4,7-8,13,17H,5-6H2,1H3,(H,18,20). The number of hydrogen-bond donors (Lipinski definition) is 2. The van der Waals surface area contributed by atoms with Crippen LogP contribution in [-0.2, 0) is 16.4 Å². The number of benzene rings is 1. The molecule has 1 amide bonds. The Kier molecular flexibility index (Phi) is 4.03. The predicted octanol–water partition coefficient (Wildman–Crippen LogP) is 1.44. The molecule has 2 aromatic rings. The van der Waals surface area contributed by atoms with Crippen molar-refractivity contribution in [1.82, 2.24) is 15.1 Å². The molecule has 7 nitrogen and oxygen atoms in total. The lowest BCUT2D eigenvalue weighted by molar-refractivity contribution is 0.0936. The number of amides is 1. The first-order valence-corrected chi connectivity index (χ1v) is 9.33. The summed E-state index contributed by atoms with van der Waals surface area (Å²) in [5.41, 5.74) is 1.79. The van der Waals surface area contributed by atoms with Gasteiger partial charge in [0, 0.05) is 18.0 Å². The van der Waals surface area contributed by atoms with E-state index in [1.807, 2.05) is 0 Å². The Morgan fingerprint density at radius 1 is 1.35 bits per heavy atom. The Hall–Kier alpha value is -2.06. The molecular weight excluding hydrogens is 340 g/mol. The van der Waals surface area contributed by atoms with Crippen molar-refractivity contribution in [1.29, 1.82) is 0 Å². The average molecular weight is 355 g/mol. The van der Waals surface area contributed by atoms with Crippen molar-refractivity contribution < 1.29 is 13.2 Å². The summed E-state index contributed by atoms with van der Waals surface area (Å²) < 4.78 is 23.9. The van der Waals surface area contributed by atoms with Crippen LogP contribution in [0.4, 0.5) is 5.69 Å². The smallest absolute Gasteiger partial charge is 0.256 e. The highest BCUT2D eigenvalue weighted by molar-refractivity contribution is 7.90. The molecule has 0 saturated carbocycles. The van der Waals surface area contributed by atoms with Gasteiger partial charge in [0.05, 0.1) is 34.8 Å². The van der Waals surface area contributed by atoms with E-state index in [1.165, 1.54) is 10.9 Å². The monoisotopic (exact) mass is 354 g/mol. The van der Waals surface area contributed by atoms with Crippen molar-refractivity contribution >= 4 is 33.0 Å². The normalized spacial score (nSPS) is 17.3. The highest BCUT2D eigenvalue weighted by Gasteiger charge is 2.27. The Morgan fingerprint density at radius 2 is 2.13 bits per heavy atom. The zero-order chi connectivity index (χ0) is 16.6. The van der Waals surface area contributed by atoms with Crippen LogP contribution in [0.15, 0.2) is 30.6 Å². The van der Waals surface area contributed by atoms with Crippen molar-refractivity contribution in [2.45, 2.75) is 12.7 Å². The molecule has 1 aromatic carbocycles. The van der Waals surface area contributed by atoms with Crippen LogP contribution in [0.1, 0.15) is 22.1 Å². The van der Waals surface area contributed by atoms with Gasteiger partial charge in [-0.3, -0.25) is 9.48 Å². The molecule has 1 atom stereocenters. The fourth-order valence-corrected chi connectivity index (χ4v) is 3.13. The van der Waals surface area contributed by atoms with Crippen molar-refractivity contribution in [3.8, 4) is 0 Å². The maximum absolute atomic E-state index is 12.2. The van der Waals surface area contributed by atoms with Crippen LogP contribution >= 0.6 is 11.6 Å². The van der Waals surface area contributed by atoms with Gasteiger partial charge in [0.15, 0.2) is 0 Å². The summed E-state index contributed by atoms with van der Waals surface area (Å²) in [6, 6.07) is 5.20. The van der Waals surface area contributed by atoms with Gasteiger partial charge in [0.1, 0.15) is 16.0 Å². The summed E-state index contributed by atoms with van der Waals surface area (Å²) in [4.78, 5) is 12.2. The Bertz CT molecular complexity index is 863. The van der Waals surface area contributed by atoms with E-state index in [2.05, 4.69) is 15.7 Å².